The Kier molecular flexibility index (Phi) is 3.09. The second-order valence-electron chi connectivity index (χ2n) is 6.21. The third-order valence-electron chi connectivity index (χ3n) is 4.76. The van der Waals surface area contributed by atoms with Crippen LogP contribution in [0.3, 0.4) is 0 Å². The Morgan fingerprint density at radius 1 is 1.16 bits per heavy atom. The minimum atomic E-state index is -0.269. The van der Waals surface area contributed by atoms with Gasteiger partial charge in [-0.15, -0.1) is 0 Å². The van der Waals surface area contributed by atoms with Crippen LogP contribution in [0.25, 0.3) is 10.9 Å². The van der Waals surface area contributed by atoms with E-state index in [1.807, 2.05) is 42.5 Å². The van der Waals surface area contributed by atoms with Crippen LogP contribution in [0.1, 0.15) is 17.0 Å². The zero-order valence-electron chi connectivity index (χ0n) is 13.1. The highest BCUT2D eigenvalue weighted by atomic mass is 35.5. The SMILES string of the molecule is O=C1OCC2=C1C(c1ccc(Cl)cc1)c1cc3ncccc3cc1N2. The van der Waals surface area contributed by atoms with Crippen molar-refractivity contribution in [3.63, 3.8) is 0 Å². The summed E-state index contributed by atoms with van der Waals surface area (Å²) in [5, 5.41) is 5.09. The summed E-state index contributed by atoms with van der Waals surface area (Å²) in [7, 11) is 0. The molecular formula is C20H13ClN2O2. The van der Waals surface area contributed by atoms with Gasteiger partial charge in [-0.1, -0.05) is 29.8 Å². The fourth-order valence-corrected chi connectivity index (χ4v) is 3.74. The van der Waals surface area contributed by atoms with Gasteiger partial charge in [-0.25, -0.2) is 4.79 Å². The van der Waals surface area contributed by atoms with E-state index < -0.39 is 0 Å². The van der Waals surface area contributed by atoms with Crippen LogP contribution in [0.5, 0.6) is 0 Å². The van der Waals surface area contributed by atoms with E-state index in [0.29, 0.717) is 10.6 Å². The van der Waals surface area contributed by atoms with E-state index in [1.165, 1.54) is 0 Å². The van der Waals surface area contributed by atoms with Gasteiger partial charge in [0.25, 0.3) is 0 Å². The number of anilines is 1. The lowest BCUT2D eigenvalue weighted by molar-refractivity contribution is -0.136. The topological polar surface area (TPSA) is 51.2 Å². The van der Waals surface area contributed by atoms with E-state index in [4.69, 9.17) is 16.3 Å². The van der Waals surface area contributed by atoms with Gasteiger partial charge in [0.1, 0.15) is 6.61 Å². The highest BCUT2D eigenvalue weighted by Crippen LogP contribution is 2.45. The largest absolute Gasteiger partial charge is 0.456 e. The third kappa shape index (κ3) is 2.22. The van der Waals surface area contributed by atoms with Gasteiger partial charge in [0.2, 0.25) is 0 Å². The van der Waals surface area contributed by atoms with E-state index in [1.54, 1.807) is 6.20 Å². The highest BCUT2D eigenvalue weighted by Gasteiger charge is 2.38. The number of fused-ring (bicyclic) bond motifs is 2. The van der Waals surface area contributed by atoms with Gasteiger partial charge in [0.15, 0.2) is 0 Å². The summed E-state index contributed by atoms with van der Waals surface area (Å²) in [5.74, 6) is -0.459. The van der Waals surface area contributed by atoms with Crippen LogP contribution < -0.4 is 5.32 Å². The molecule has 2 aromatic carbocycles. The van der Waals surface area contributed by atoms with Crippen LogP contribution in [-0.2, 0) is 9.53 Å². The third-order valence-corrected chi connectivity index (χ3v) is 5.01. The second kappa shape index (κ2) is 5.33. The van der Waals surface area contributed by atoms with E-state index in [0.717, 1.165) is 33.4 Å². The predicted octanol–water partition coefficient (Wildman–Crippen LogP) is 4.26. The molecular weight excluding hydrogens is 336 g/mol. The van der Waals surface area contributed by atoms with Crippen LogP contribution in [0.4, 0.5) is 5.69 Å². The van der Waals surface area contributed by atoms with Crippen LogP contribution >= 0.6 is 11.6 Å². The zero-order valence-corrected chi connectivity index (χ0v) is 13.9. The number of ether oxygens (including phenoxy) is 1. The molecule has 0 bridgehead atoms. The first-order valence-corrected chi connectivity index (χ1v) is 8.40. The van der Waals surface area contributed by atoms with Gasteiger partial charge >= 0.3 is 5.97 Å². The average Bonchev–Trinajstić information content (AvgIpc) is 2.99. The normalized spacial score (nSPS) is 18.6. The quantitative estimate of drug-likeness (QED) is 0.668. The maximum absolute atomic E-state index is 12.4. The fraction of sp³-hybridized carbons (Fsp3) is 0.100. The number of carbonyl (C=O) groups excluding carboxylic acids is 1. The Balaban J connectivity index is 1.78. The average molecular weight is 349 g/mol. The summed E-state index contributed by atoms with van der Waals surface area (Å²) in [6.07, 6.45) is 1.77. The summed E-state index contributed by atoms with van der Waals surface area (Å²) in [6, 6.07) is 15.7. The molecule has 1 atom stereocenters. The Morgan fingerprint density at radius 2 is 2.00 bits per heavy atom. The standard InChI is InChI=1S/C20H13ClN2O2/c21-13-5-3-11(4-6-13)18-14-9-15-12(2-1-7-22-15)8-16(14)23-17-10-25-20(24)19(17)18/h1-9,18,23H,10H2. The molecule has 25 heavy (non-hydrogen) atoms. The molecule has 5 rings (SSSR count). The Bertz CT molecular complexity index is 1060. The van der Waals surface area contributed by atoms with Gasteiger partial charge in [-0.05, 0) is 41.5 Å². The Hall–Kier alpha value is -2.85. The Morgan fingerprint density at radius 3 is 2.84 bits per heavy atom. The lowest BCUT2D eigenvalue weighted by Crippen LogP contribution is -2.19. The molecule has 3 aromatic rings. The van der Waals surface area contributed by atoms with Crippen LogP contribution in [0.15, 0.2) is 66.0 Å². The van der Waals surface area contributed by atoms with Crippen LogP contribution in [0, 0.1) is 0 Å². The summed E-state index contributed by atoms with van der Waals surface area (Å²) >= 11 is 6.04. The number of halogens is 1. The number of carbonyl (C=O) groups is 1. The van der Waals surface area contributed by atoms with E-state index in [9.17, 15) is 4.79 Å². The first-order chi connectivity index (χ1) is 12.2. The number of pyridine rings is 1. The number of hydrogen-bond donors (Lipinski definition) is 1. The minimum Gasteiger partial charge on any atom is -0.456 e. The Labute approximate surface area is 149 Å². The zero-order chi connectivity index (χ0) is 17.0. The van der Waals surface area contributed by atoms with E-state index in [2.05, 4.69) is 16.4 Å². The van der Waals surface area contributed by atoms with Crippen molar-refractivity contribution in [2.45, 2.75) is 5.92 Å². The summed E-state index contributed by atoms with van der Waals surface area (Å²) in [4.78, 5) is 16.8. The molecule has 2 aliphatic heterocycles. The number of aromatic nitrogens is 1. The molecule has 0 saturated carbocycles. The molecule has 2 aliphatic rings. The van der Waals surface area contributed by atoms with Crippen LogP contribution in [0.2, 0.25) is 5.02 Å². The molecule has 0 fully saturated rings. The molecule has 1 N–H and O–H groups in total. The molecule has 1 unspecified atom stereocenters. The highest BCUT2D eigenvalue weighted by molar-refractivity contribution is 6.30. The smallest absolute Gasteiger partial charge is 0.337 e. The molecule has 122 valence electrons. The number of cyclic esters (lactones) is 1. The van der Waals surface area contributed by atoms with Crippen molar-refractivity contribution in [3.05, 3.63) is 82.1 Å². The number of nitrogens with zero attached hydrogens (tertiary/aromatic N) is 1. The van der Waals surface area contributed by atoms with Gasteiger partial charge in [-0.2, -0.15) is 0 Å². The summed E-state index contributed by atoms with van der Waals surface area (Å²) < 4.78 is 5.29. The molecule has 1 aromatic heterocycles. The summed E-state index contributed by atoms with van der Waals surface area (Å²) in [5.41, 5.74) is 5.42. The summed E-state index contributed by atoms with van der Waals surface area (Å²) in [6.45, 7) is 0.281. The number of benzene rings is 2. The minimum absolute atomic E-state index is 0.190. The lowest BCUT2D eigenvalue weighted by atomic mass is 9.81. The van der Waals surface area contributed by atoms with Gasteiger partial charge in [0, 0.05) is 28.2 Å². The van der Waals surface area contributed by atoms with E-state index in [-0.39, 0.29) is 18.5 Å². The van der Waals surface area contributed by atoms with Crippen molar-refractivity contribution in [1.82, 2.24) is 4.98 Å². The van der Waals surface area contributed by atoms with Crippen molar-refractivity contribution in [3.8, 4) is 0 Å². The first kappa shape index (κ1) is 14.5. The molecule has 0 amide bonds. The lowest BCUT2D eigenvalue weighted by Gasteiger charge is -2.27. The molecule has 0 saturated heterocycles. The van der Waals surface area contributed by atoms with Gasteiger partial charge in [-0.3, -0.25) is 4.98 Å². The monoisotopic (exact) mass is 348 g/mol. The van der Waals surface area contributed by atoms with Crippen LogP contribution in [-0.4, -0.2) is 17.6 Å². The second-order valence-corrected chi connectivity index (χ2v) is 6.65. The number of esters is 1. The molecule has 4 nitrogen and oxygen atoms in total. The van der Waals surface area contributed by atoms with Crippen molar-refractivity contribution in [2.75, 3.05) is 11.9 Å². The number of rotatable bonds is 1. The van der Waals surface area contributed by atoms with Crippen molar-refractivity contribution < 1.29 is 9.53 Å². The predicted molar refractivity (Wildman–Crippen MR) is 96.6 cm³/mol. The van der Waals surface area contributed by atoms with E-state index >= 15 is 0 Å². The number of hydrogen-bond acceptors (Lipinski definition) is 4. The molecule has 0 spiro atoms. The first-order valence-electron chi connectivity index (χ1n) is 8.02. The number of nitrogens with one attached hydrogen (secondary N) is 1. The van der Waals surface area contributed by atoms with Crippen molar-refractivity contribution >= 4 is 34.2 Å². The van der Waals surface area contributed by atoms with Crippen molar-refractivity contribution in [2.24, 2.45) is 0 Å². The van der Waals surface area contributed by atoms with Crippen molar-refractivity contribution in [1.29, 1.82) is 0 Å². The molecule has 0 aliphatic carbocycles. The van der Waals surface area contributed by atoms with Gasteiger partial charge < -0.3 is 10.1 Å². The molecule has 3 heterocycles. The maximum Gasteiger partial charge on any atom is 0.337 e. The maximum atomic E-state index is 12.4. The molecule has 0 radical (unpaired) electrons. The van der Waals surface area contributed by atoms with Gasteiger partial charge in [0.05, 0.1) is 16.8 Å². The fourth-order valence-electron chi connectivity index (χ4n) is 3.62. The molecule has 5 heteroatoms.